The number of carbonyl (C=O) groups is 2. The molecule has 0 bridgehead atoms. The van der Waals surface area contributed by atoms with Gasteiger partial charge in [-0.2, -0.15) is 0 Å². The number of hydrogen-bond donors (Lipinski definition) is 3. The molecule has 1 aromatic carbocycles. The molecule has 0 saturated carbocycles. The second-order valence-corrected chi connectivity index (χ2v) is 5.49. The number of rotatable bonds is 5. The van der Waals surface area contributed by atoms with E-state index in [1.807, 2.05) is 4.90 Å². The summed E-state index contributed by atoms with van der Waals surface area (Å²) in [4.78, 5) is 24.8. The average Bonchev–Trinajstić information content (AvgIpc) is 2.58. The zero-order valence-corrected chi connectivity index (χ0v) is 14.1. The molecule has 3 N–H and O–H groups in total. The summed E-state index contributed by atoms with van der Waals surface area (Å²) in [6, 6.07) is 3.04. The van der Waals surface area contributed by atoms with Gasteiger partial charge < -0.3 is 19.9 Å². The van der Waals surface area contributed by atoms with Crippen molar-refractivity contribution in [2.75, 3.05) is 34.4 Å². The Labute approximate surface area is 140 Å². The summed E-state index contributed by atoms with van der Waals surface area (Å²) in [5.41, 5.74) is 1.57. The van der Waals surface area contributed by atoms with Gasteiger partial charge in [-0.15, -0.1) is 0 Å². The predicted octanol–water partition coefficient (Wildman–Crippen LogP) is 0.398. The second kappa shape index (κ2) is 7.98. The van der Waals surface area contributed by atoms with Crippen LogP contribution in [0.25, 0.3) is 0 Å². The maximum absolute atomic E-state index is 11.7. The minimum absolute atomic E-state index is 0.155. The van der Waals surface area contributed by atoms with Gasteiger partial charge in [0.25, 0.3) is 0 Å². The van der Waals surface area contributed by atoms with Crippen LogP contribution < -0.4 is 20.1 Å². The second-order valence-electron chi connectivity index (χ2n) is 5.49. The Hall–Kier alpha value is -2.32. The van der Waals surface area contributed by atoms with Crippen LogP contribution in [0.5, 0.6) is 11.5 Å². The summed E-state index contributed by atoms with van der Waals surface area (Å²) in [6.45, 7) is 1.32. The minimum atomic E-state index is -0.735. The number of hydrogen-bond acceptors (Lipinski definition) is 6. The standard InChI is InChI=1S/C16H23N3O5/c1-17-16(22)18-14(21)6-7-19-8-10-12(23-2)4-5-13(24-3)15(10)11(20)9-19/h4-5,11,20H,6-9H2,1-3H3,(H2,17,18,21,22)/t11-/m1/s1. The molecule has 132 valence electrons. The van der Waals surface area contributed by atoms with Crippen molar-refractivity contribution in [3.63, 3.8) is 0 Å². The number of imide groups is 1. The van der Waals surface area contributed by atoms with Crippen molar-refractivity contribution in [2.45, 2.75) is 19.1 Å². The van der Waals surface area contributed by atoms with E-state index in [-0.39, 0.29) is 12.3 Å². The molecule has 0 spiro atoms. The number of benzene rings is 1. The lowest BCUT2D eigenvalue weighted by molar-refractivity contribution is -0.120. The highest BCUT2D eigenvalue weighted by atomic mass is 16.5. The number of fused-ring (bicyclic) bond motifs is 1. The number of β-amino-alcohol motifs (C(OH)–C–C–N with tert-alkyl or cyclic N) is 1. The highest BCUT2D eigenvalue weighted by Crippen LogP contribution is 2.39. The summed E-state index contributed by atoms with van der Waals surface area (Å²) in [5, 5.41) is 15.0. The molecule has 1 aliphatic heterocycles. The summed E-state index contributed by atoms with van der Waals surface area (Å²) in [5.74, 6) is 0.923. The maximum atomic E-state index is 11.7. The Morgan fingerprint density at radius 1 is 1.29 bits per heavy atom. The van der Waals surface area contributed by atoms with Gasteiger partial charge in [0.05, 0.1) is 20.3 Å². The van der Waals surface area contributed by atoms with E-state index in [4.69, 9.17) is 9.47 Å². The molecule has 0 aliphatic carbocycles. The molecule has 1 aliphatic rings. The summed E-state index contributed by atoms with van der Waals surface area (Å²) < 4.78 is 10.7. The molecule has 1 heterocycles. The van der Waals surface area contributed by atoms with Crippen molar-refractivity contribution in [3.05, 3.63) is 23.3 Å². The van der Waals surface area contributed by atoms with Crippen LogP contribution in [-0.4, -0.2) is 56.3 Å². The summed E-state index contributed by atoms with van der Waals surface area (Å²) in [6.07, 6.45) is -0.581. The predicted molar refractivity (Wildman–Crippen MR) is 87.0 cm³/mol. The Kier molecular flexibility index (Phi) is 5.99. The number of methoxy groups -OCH3 is 2. The van der Waals surface area contributed by atoms with Crippen LogP contribution in [0.2, 0.25) is 0 Å². The van der Waals surface area contributed by atoms with Gasteiger partial charge in [-0.25, -0.2) is 4.79 Å². The first-order chi connectivity index (χ1) is 11.5. The van der Waals surface area contributed by atoms with Crippen LogP contribution in [0, 0.1) is 0 Å². The molecule has 8 heteroatoms. The van der Waals surface area contributed by atoms with Gasteiger partial charge in [-0.3, -0.25) is 15.0 Å². The Bertz CT molecular complexity index is 620. The van der Waals surface area contributed by atoms with Crippen molar-refractivity contribution in [1.82, 2.24) is 15.5 Å². The molecule has 24 heavy (non-hydrogen) atoms. The Morgan fingerprint density at radius 2 is 1.96 bits per heavy atom. The van der Waals surface area contributed by atoms with Crippen molar-refractivity contribution >= 4 is 11.9 Å². The van der Waals surface area contributed by atoms with E-state index in [1.54, 1.807) is 26.4 Å². The lowest BCUT2D eigenvalue weighted by Crippen LogP contribution is -2.40. The first kappa shape index (κ1) is 18.0. The zero-order chi connectivity index (χ0) is 17.7. The molecular formula is C16H23N3O5. The van der Waals surface area contributed by atoms with Crippen LogP contribution in [0.4, 0.5) is 4.79 Å². The Balaban J connectivity index is 2.08. The van der Waals surface area contributed by atoms with Gasteiger partial charge >= 0.3 is 6.03 Å². The number of aliphatic hydroxyl groups is 1. The fourth-order valence-electron chi connectivity index (χ4n) is 2.83. The quantitative estimate of drug-likeness (QED) is 0.719. The van der Waals surface area contributed by atoms with Gasteiger partial charge in [0.1, 0.15) is 11.5 Å². The third kappa shape index (κ3) is 3.95. The van der Waals surface area contributed by atoms with E-state index < -0.39 is 12.1 Å². The highest BCUT2D eigenvalue weighted by molar-refractivity contribution is 5.94. The molecule has 0 radical (unpaired) electrons. The lowest BCUT2D eigenvalue weighted by atomic mass is 9.95. The summed E-state index contributed by atoms with van der Waals surface area (Å²) in [7, 11) is 4.58. The van der Waals surface area contributed by atoms with E-state index in [1.165, 1.54) is 7.05 Å². The molecule has 8 nitrogen and oxygen atoms in total. The van der Waals surface area contributed by atoms with E-state index >= 15 is 0 Å². The van der Waals surface area contributed by atoms with E-state index in [2.05, 4.69) is 10.6 Å². The van der Waals surface area contributed by atoms with Crippen molar-refractivity contribution in [1.29, 1.82) is 0 Å². The molecule has 3 amide bonds. The van der Waals surface area contributed by atoms with Crippen molar-refractivity contribution in [2.24, 2.45) is 0 Å². The molecule has 1 aromatic rings. The molecule has 1 atom stereocenters. The van der Waals surface area contributed by atoms with E-state index in [0.717, 1.165) is 11.1 Å². The van der Waals surface area contributed by atoms with Crippen LogP contribution in [-0.2, 0) is 11.3 Å². The van der Waals surface area contributed by atoms with Gasteiger partial charge in [-0.1, -0.05) is 0 Å². The first-order valence-corrected chi connectivity index (χ1v) is 7.65. The molecule has 0 unspecified atom stereocenters. The monoisotopic (exact) mass is 337 g/mol. The lowest BCUT2D eigenvalue weighted by Gasteiger charge is -2.33. The highest BCUT2D eigenvalue weighted by Gasteiger charge is 2.29. The topological polar surface area (TPSA) is 100 Å². The van der Waals surface area contributed by atoms with Crippen molar-refractivity contribution in [3.8, 4) is 11.5 Å². The average molecular weight is 337 g/mol. The van der Waals surface area contributed by atoms with E-state index in [0.29, 0.717) is 31.1 Å². The van der Waals surface area contributed by atoms with Gasteiger partial charge in [0, 0.05) is 44.2 Å². The molecule has 0 fully saturated rings. The van der Waals surface area contributed by atoms with Crippen LogP contribution in [0.3, 0.4) is 0 Å². The van der Waals surface area contributed by atoms with Gasteiger partial charge in [0.2, 0.25) is 5.91 Å². The first-order valence-electron chi connectivity index (χ1n) is 7.65. The number of nitrogens with one attached hydrogen (secondary N) is 2. The number of aliphatic hydroxyl groups excluding tert-OH is 1. The summed E-state index contributed by atoms with van der Waals surface area (Å²) >= 11 is 0. The van der Waals surface area contributed by atoms with Gasteiger partial charge in [0.15, 0.2) is 0 Å². The minimum Gasteiger partial charge on any atom is -0.496 e. The smallest absolute Gasteiger partial charge is 0.321 e. The molecular weight excluding hydrogens is 314 g/mol. The van der Waals surface area contributed by atoms with E-state index in [9.17, 15) is 14.7 Å². The third-order valence-electron chi connectivity index (χ3n) is 4.00. The largest absolute Gasteiger partial charge is 0.496 e. The zero-order valence-electron chi connectivity index (χ0n) is 14.1. The fourth-order valence-corrected chi connectivity index (χ4v) is 2.83. The van der Waals surface area contributed by atoms with Crippen molar-refractivity contribution < 1.29 is 24.2 Å². The maximum Gasteiger partial charge on any atom is 0.321 e. The van der Waals surface area contributed by atoms with Gasteiger partial charge in [-0.05, 0) is 12.1 Å². The number of nitrogens with zero attached hydrogens (tertiary/aromatic N) is 1. The van der Waals surface area contributed by atoms with Crippen LogP contribution in [0.1, 0.15) is 23.7 Å². The Morgan fingerprint density at radius 3 is 2.58 bits per heavy atom. The molecule has 0 aromatic heterocycles. The van der Waals surface area contributed by atoms with Crippen LogP contribution in [0.15, 0.2) is 12.1 Å². The number of ether oxygens (including phenoxy) is 2. The number of amides is 3. The SMILES string of the molecule is CNC(=O)NC(=O)CCN1Cc2c(OC)ccc(OC)c2[C@H](O)C1. The normalized spacial score (nSPS) is 16.9. The fraction of sp³-hybridized carbons (Fsp3) is 0.500. The third-order valence-corrected chi connectivity index (χ3v) is 4.00. The number of carbonyl (C=O) groups excluding carboxylic acids is 2. The van der Waals surface area contributed by atoms with Crippen LogP contribution >= 0.6 is 0 Å². The molecule has 0 saturated heterocycles. The number of urea groups is 1. The molecule has 2 rings (SSSR count).